The van der Waals surface area contributed by atoms with E-state index in [-0.39, 0.29) is 5.57 Å². The maximum Gasteiger partial charge on any atom is 0.274 e. The fraction of sp³-hybridized carbons (Fsp3) is 0.412. The number of allylic oxidation sites excluding steroid dienone is 1. The largest absolute Gasteiger partial charge is 0.350 e. The quantitative estimate of drug-likeness (QED) is 0.438. The minimum atomic E-state index is -1.57. The van der Waals surface area contributed by atoms with Crippen molar-refractivity contribution in [1.82, 2.24) is 4.57 Å². The normalized spacial score (nSPS) is 11.0. The van der Waals surface area contributed by atoms with Crippen LogP contribution in [0.2, 0.25) is 0 Å². The first kappa shape index (κ1) is 16.0. The topological polar surface area (TPSA) is 4.93 Å². The molecule has 2 rings (SSSR count). The highest BCUT2D eigenvalue weighted by atomic mass is 35.5. The summed E-state index contributed by atoms with van der Waals surface area (Å²) in [5, 5.41) is 0.892. The number of hydrogen-bond donors (Lipinski definition) is 0. The van der Waals surface area contributed by atoms with Crippen LogP contribution < -0.4 is 0 Å². The third-order valence-corrected chi connectivity index (χ3v) is 4.03. The number of aryl methyl sites for hydroxylation is 1. The molecule has 0 amide bonds. The molecule has 0 aliphatic heterocycles. The smallest absolute Gasteiger partial charge is 0.274 e. The lowest BCUT2D eigenvalue weighted by atomic mass is 10.00. The van der Waals surface area contributed by atoms with Gasteiger partial charge in [-0.2, -0.15) is 8.78 Å². The first-order valence-corrected chi connectivity index (χ1v) is 7.83. The van der Waals surface area contributed by atoms with Gasteiger partial charge >= 0.3 is 0 Å². The zero-order chi connectivity index (χ0) is 15.2. The lowest BCUT2D eigenvalue weighted by molar-refractivity contribution is 0.422. The van der Waals surface area contributed by atoms with E-state index in [0.29, 0.717) is 17.9 Å². The van der Waals surface area contributed by atoms with Crippen LogP contribution in [0.4, 0.5) is 8.78 Å². The average molecular weight is 312 g/mol. The number of alkyl halides is 1. The zero-order valence-corrected chi connectivity index (χ0v) is 13.0. The Labute approximate surface area is 129 Å². The molecular formula is C17H20ClF2N. The van der Waals surface area contributed by atoms with Crippen LogP contribution >= 0.6 is 11.6 Å². The highest BCUT2D eigenvalue weighted by molar-refractivity contribution is 6.17. The van der Waals surface area contributed by atoms with Gasteiger partial charge in [-0.25, -0.2) is 0 Å². The van der Waals surface area contributed by atoms with Gasteiger partial charge in [0.05, 0.1) is 0 Å². The van der Waals surface area contributed by atoms with Crippen molar-refractivity contribution in [2.24, 2.45) is 7.05 Å². The molecule has 0 bridgehead atoms. The molecular weight excluding hydrogens is 292 g/mol. The molecule has 0 aliphatic rings. The summed E-state index contributed by atoms with van der Waals surface area (Å²) >= 11 is 5.63. The van der Waals surface area contributed by atoms with Crippen molar-refractivity contribution in [1.29, 1.82) is 0 Å². The van der Waals surface area contributed by atoms with Crippen LogP contribution in [0, 0.1) is 0 Å². The van der Waals surface area contributed by atoms with Gasteiger partial charge in [-0.05, 0) is 25.3 Å². The molecule has 0 spiro atoms. The second-order valence-corrected chi connectivity index (χ2v) is 5.64. The summed E-state index contributed by atoms with van der Waals surface area (Å²) in [5.74, 6) is 0.642. The predicted molar refractivity (Wildman–Crippen MR) is 85.9 cm³/mol. The molecule has 21 heavy (non-hydrogen) atoms. The summed E-state index contributed by atoms with van der Waals surface area (Å²) in [7, 11) is 1.89. The van der Waals surface area contributed by atoms with E-state index < -0.39 is 6.08 Å². The van der Waals surface area contributed by atoms with Crippen LogP contribution in [0.1, 0.15) is 37.7 Å². The van der Waals surface area contributed by atoms with Crippen molar-refractivity contribution in [2.45, 2.75) is 32.1 Å². The van der Waals surface area contributed by atoms with Crippen molar-refractivity contribution >= 4 is 28.1 Å². The van der Waals surface area contributed by atoms with Crippen LogP contribution in [0.5, 0.6) is 0 Å². The van der Waals surface area contributed by atoms with Crippen LogP contribution in [-0.2, 0) is 7.05 Å². The fourth-order valence-corrected chi connectivity index (χ4v) is 2.85. The van der Waals surface area contributed by atoms with Crippen molar-refractivity contribution < 1.29 is 8.78 Å². The Kier molecular flexibility index (Phi) is 5.80. The molecule has 2 aromatic rings. The lowest BCUT2D eigenvalue weighted by Crippen LogP contribution is -1.88. The second-order valence-electron chi connectivity index (χ2n) is 5.26. The minimum absolute atomic E-state index is 0.178. The molecule has 114 valence electrons. The van der Waals surface area contributed by atoms with Gasteiger partial charge in [0.2, 0.25) is 0 Å². The van der Waals surface area contributed by atoms with Gasteiger partial charge in [0.1, 0.15) is 0 Å². The molecule has 4 heteroatoms. The van der Waals surface area contributed by atoms with E-state index in [4.69, 9.17) is 11.6 Å². The minimum Gasteiger partial charge on any atom is -0.350 e. The number of unbranched alkanes of at least 4 members (excludes halogenated alkanes) is 3. The van der Waals surface area contributed by atoms with Crippen molar-refractivity contribution in [3.05, 3.63) is 42.1 Å². The Balaban J connectivity index is 2.20. The number of fused-ring (bicyclic) bond motifs is 1. The number of hydrogen-bond acceptors (Lipinski definition) is 0. The molecule has 1 aromatic heterocycles. The van der Waals surface area contributed by atoms with Crippen molar-refractivity contribution in [3.8, 4) is 0 Å². The summed E-state index contributed by atoms with van der Waals surface area (Å²) in [5.41, 5.74) is 1.82. The molecule has 0 atom stereocenters. The summed E-state index contributed by atoms with van der Waals surface area (Å²) < 4.78 is 28.6. The van der Waals surface area contributed by atoms with Gasteiger partial charge in [-0.3, -0.25) is 0 Å². The van der Waals surface area contributed by atoms with Gasteiger partial charge in [0, 0.05) is 41.2 Å². The van der Waals surface area contributed by atoms with E-state index in [1.807, 2.05) is 35.9 Å². The summed E-state index contributed by atoms with van der Waals surface area (Å²) in [6, 6.07) is 7.67. The van der Waals surface area contributed by atoms with Crippen LogP contribution in [0.3, 0.4) is 0 Å². The number of aromatic nitrogens is 1. The summed E-state index contributed by atoms with van der Waals surface area (Å²) in [6.07, 6.45) is 4.31. The Hall–Kier alpha value is -1.35. The summed E-state index contributed by atoms with van der Waals surface area (Å²) in [6.45, 7) is 0. The van der Waals surface area contributed by atoms with E-state index in [2.05, 4.69) is 0 Å². The fourth-order valence-electron chi connectivity index (χ4n) is 2.66. The van der Waals surface area contributed by atoms with Gasteiger partial charge in [0.15, 0.2) is 0 Å². The Morgan fingerprint density at radius 1 is 1.10 bits per heavy atom. The van der Waals surface area contributed by atoms with Gasteiger partial charge in [0.25, 0.3) is 6.08 Å². The molecule has 1 heterocycles. The van der Waals surface area contributed by atoms with Gasteiger partial charge in [-0.1, -0.05) is 31.0 Å². The molecule has 0 unspecified atom stereocenters. The molecule has 0 saturated heterocycles. The van der Waals surface area contributed by atoms with Gasteiger partial charge in [-0.15, -0.1) is 11.6 Å². The standard InChI is InChI=1S/C17H20ClF2N/c1-21-12-15(13-8-5-6-10-16(13)21)14(17(19)20)9-4-2-3-7-11-18/h5-6,8,10,12H,2-4,7,9,11H2,1H3. The number of para-hydroxylation sites is 1. The van der Waals surface area contributed by atoms with Gasteiger partial charge < -0.3 is 4.57 Å². The van der Waals surface area contributed by atoms with Crippen LogP contribution in [0.25, 0.3) is 16.5 Å². The van der Waals surface area contributed by atoms with E-state index >= 15 is 0 Å². The lowest BCUT2D eigenvalue weighted by Gasteiger charge is -2.05. The Bertz CT molecular complexity index is 627. The number of halogens is 3. The van der Waals surface area contributed by atoms with E-state index in [1.165, 1.54) is 0 Å². The van der Waals surface area contributed by atoms with Crippen LogP contribution in [0.15, 0.2) is 36.5 Å². The second kappa shape index (κ2) is 7.60. The molecule has 0 N–H and O–H groups in total. The summed E-state index contributed by atoms with van der Waals surface area (Å²) in [4.78, 5) is 0. The highest BCUT2D eigenvalue weighted by Gasteiger charge is 2.15. The van der Waals surface area contributed by atoms with E-state index in [9.17, 15) is 8.78 Å². The van der Waals surface area contributed by atoms with Crippen LogP contribution in [-0.4, -0.2) is 10.4 Å². The molecule has 0 radical (unpaired) electrons. The zero-order valence-electron chi connectivity index (χ0n) is 12.2. The highest BCUT2D eigenvalue weighted by Crippen LogP contribution is 2.33. The maximum atomic E-state index is 13.3. The third kappa shape index (κ3) is 3.85. The first-order chi connectivity index (χ1) is 10.1. The average Bonchev–Trinajstić information content (AvgIpc) is 2.80. The Morgan fingerprint density at radius 2 is 1.81 bits per heavy atom. The molecule has 1 nitrogen and oxygen atoms in total. The maximum absolute atomic E-state index is 13.3. The number of nitrogens with zero attached hydrogens (tertiary/aromatic N) is 1. The monoisotopic (exact) mass is 311 g/mol. The molecule has 0 saturated carbocycles. The molecule has 0 aliphatic carbocycles. The van der Waals surface area contributed by atoms with E-state index in [0.717, 1.165) is 36.6 Å². The molecule has 0 fully saturated rings. The number of benzene rings is 1. The predicted octanol–water partition coefficient (Wildman–Crippen LogP) is 5.98. The third-order valence-electron chi connectivity index (χ3n) is 3.76. The van der Waals surface area contributed by atoms with Crippen molar-refractivity contribution in [2.75, 3.05) is 5.88 Å². The Morgan fingerprint density at radius 3 is 2.52 bits per heavy atom. The SMILES string of the molecule is Cn1cc(C(CCCCCCCl)=C(F)F)c2ccccc21. The number of rotatable bonds is 7. The molecule has 1 aromatic carbocycles. The van der Waals surface area contributed by atoms with Crippen molar-refractivity contribution in [3.63, 3.8) is 0 Å². The first-order valence-electron chi connectivity index (χ1n) is 7.29. The van der Waals surface area contributed by atoms with E-state index in [1.54, 1.807) is 6.20 Å².